The normalized spacial score (nSPS) is 15.5. The number of hydrogen-bond donors (Lipinski definition) is 2. The molecule has 0 saturated carbocycles. The van der Waals surface area contributed by atoms with Gasteiger partial charge >= 0.3 is 6.09 Å². The molecule has 0 spiro atoms. The van der Waals surface area contributed by atoms with Crippen LogP contribution >= 0.6 is 22.6 Å². The molecule has 0 saturated heterocycles. The molecule has 17 heavy (non-hydrogen) atoms. The number of alkyl carbamates (subject to hydrolysis) is 1. The van der Waals surface area contributed by atoms with Crippen molar-refractivity contribution in [1.29, 1.82) is 0 Å². The van der Waals surface area contributed by atoms with Crippen LogP contribution in [-0.2, 0) is 9.47 Å². The summed E-state index contributed by atoms with van der Waals surface area (Å²) in [5.41, 5.74) is -0.555. The molecule has 5 nitrogen and oxygen atoms in total. The third-order valence-electron chi connectivity index (χ3n) is 1.94. The van der Waals surface area contributed by atoms with Gasteiger partial charge in [0.25, 0.3) is 0 Å². The van der Waals surface area contributed by atoms with E-state index in [0.717, 1.165) is 0 Å². The molecule has 2 atom stereocenters. The maximum Gasteiger partial charge on any atom is 0.408 e. The number of carbonyl (C=O) groups is 1. The van der Waals surface area contributed by atoms with E-state index in [4.69, 9.17) is 9.47 Å². The number of amides is 1. The van der Waals surface area contributed by atoms with Crippen LogP contribution in [0.3, 0.4) is 0 Å². The van der Waals surface area contributed by atoms with E-state index >= 15 is 0 Å². The summed E-state index contributed by atoms with van der Waals surface area (Å²) in [5.74, 6) is 0.0421. The van der Waals surface area contributed by atoms with Crippen LogP contribution < -0.4 is 5.32 Å². The van der Waals surface area contributed by atoms with Crippen LogP contribution in [0, 0.1) is 5.92 Å². The molecule has 0 rings (SSSR count). The highest BCUT2D eigenvalue weighted by atomic mass is 127. The SMILES string of the molecule is CC(C)[C@H](NC(=O)OC(C)(C)C)C(O)OCI. The molecule has 0 heterocycles. The van der Waals surface area contributed by atoms with Gasteiger partial charge in [0.15, 0.2) is 6.29 Å². The van der Waals surface area contributed by atoms with Crippen LogP contribution in [0.1, 0.15) is 34.6 Å². The number of hydrogen-bond acceptors (Lipinski definition) is 4. The van der Waals surface area contributed by atoms with Crippen molar-refractivity contribution in [2.24, 2.45) is 5.92 Å². The average Bonchev–Trinajstić information content (AvgIpc) is 2.11. The van der Waals surface area contributed by atoms with Crippen molar-refractivity contribution < 1.29 is 19.4 Å². The molecule has 0 aliphatic rings. The van der Waals surface area contributed by atoms with Crippen molar-refractivity contribution in [3.05, 3.63) is 0 Å². The van der Waals surface area contributed by atoms with Crippen molar-refractivity contribution in [3.8, 4) is 0 Å². The van der Waals surface area contributed by atoms with E-state index in [2.05, 4.69) is 5.32 Å². The molecule has 1 unspecified atom stereocenters. The van der Waals surface area contributed by atoms with Crippen molar-refractivity contribution in [3.63, 3.8) is 0 Å². The highest BCUT2D eigenvalue weighted by molar-refractivity contribution is 14.1. The van der Waals surface area contributed by atoms with E-state index in [0.29, 0.717) is 4.61 Å². The van der Waals surface area contributed by atoms with Gasteiger partial charge in [0, 0.05) is 0 Å². The summed E-state index contributed by atoms with van der Waals surface area (Å²) in [6.07, 6.45) is -1.58. The molecule has 0 aromatic carbocycles. The molecule has 0 fully saturated rings. The maximum absolute atomic E-state index is 11.6. The second kappa shape index (κ2) is 7.38. The summed E-state index contributed by atoms with van der Waals surface area (Å²) in [4.78, 5) is 11.6. The van der Waals surface area contributed by atoms with Gasteiger partial charge in [-0.15, -0.1) is 0 Å². The van der Waals surface area contributed by atoms with Crippen LogP contribution in [0.4, 0.5) is 4.79 Å². The molecule has 0 aliphatic carbocycles. The third kappa shape index (κ3) is 7.77. The third-order valence-corrected chi connectivity index (χ3v) is 2.30. The molecule has 1 amide bonds. The number of ether oxygens (including phenoxy) is 2. The Morgan fingerprint density at radius 3 is 2.29 bits per heavy atom. The Bertz CT molecular complexity index is 240. The van der Waals surface area contributed by atoms with Gasteiger partial charge in [0.05, 0.1) is 6.04 Å². The van der Waals surface area contributed by atoms with Crippen LogP contribution in [0.15, 0.2) is 0 Å². The van der Waals surface area contributed by atoms with Crippen LogP contribution in [0.2, 0.25) is 0 Å². The Kier molecular flexibility index (Phi) is 7.34. The average molecular weight is 359 g/mol. The largest absolute Gasteiger partial charge is 0.444 e. The Morgan fingerprint density at radius 1 is 1.41 bits per heavy atom. The van der Waals surface area contributed by atoms with Gasteiger partial charge in [0.1, 0.15) is 10.2 Å². The lowest BCUT2D eigenvalue weighted by atomic mass is 10.0. The van der Waals surface area contributed by atoms with E-state index in [9.17, 15) is 9.90 Å². The number of aliphatic hydroxyl groups excluding tert-OH is 1. The zero-order valence-corrected chi connectivity index (χ0v) is 13.1. The molecule has 0 aromatic rings. The summed E-state index contributed by atoms with van der Waals surface area (Å²) < 4.78 is 10.6. The summed E-state index contributed by atoms with van der Waals surface area (Å²) in [6, 6.07) is -0.486. The molecular formula is C11H22INO4. The lowest BCUT2D eigenvalue weighted by molar-refractivity contribution is -0.109. The van der Waals surface area contributed by atoms with Crippen molar-refractivity contribution in [2.75, 3.05) is 4.61 Å². The molecule has 0 aromatic heterocycles. The number of aliphatic hydroxyl groups is 1. The maximum atomic E-state index is 11.6. The van der Waals surface area contributed by atoms with E-state index in [1.165, 1.54) is 0 Å². The number of alkyl halides is 1. The first kappa shape index (κ1) is 16.9. The lowest BCUT2D eigenvalue weighted by Crippen LogP contribution is -2.49. The number of nitrogens with one attached hydrogen (secondary N) is 1. The van der Waals surface area contributed by atoms with Gasteiger partial charge in [-0.2, -0.15) is 0 Å². The fourth-order valence-electron chi connectivity index (χ4n) is 1.18. The molecule has 0 radical (unpaired) electrons. The van der Waals surface area contributed by atoms with Gasteiger partial charge in [-0.25, -0.2) is 4.79 Å². The standard InChI is InChI=1S/C11H22INO4/c1-7(2)8(9(14)16-6-12)13-10(15)17-11(3,4)5/h7-9,14H,6H2,1-5H3,(H,13,15)/t8-,9?/m0/s1. The molecule has 6 heteroatoms. The van der Waals surface area contributed by atoms with Crippen LogP contribution in [-0.4, -0.2) is 33.7 Å². The van der Waals surface area contributed by atoms with Crippen LogP contribution in [0.5, 0.6) is 0 Å². The van der Waals surface area contributed by atoms with Crippen molar-refractivity contribution in [1.82, 2.24) is 5.32 Å². The number of carbonyl (C=O) groups excluding carboxylic acids is 1. The second-order valence-electron chi connectivity index (χ2n) is 5.08. The van der Waals surface area contributed by atoms with Gasteiger partial charge in [-0.05, 0) is 26.7 Å². The Labute approximate surface area is 116 Å². The highest BCUT2D eigenvalue weighted by Crippen LogP contribution is 2.12. The minimum absolute atomic E-state index is 0.0421. The smallest absolute Gasteiger partial charge is 0.408 e. The minimum atomic E-state index is -1.03. The first-order chi connectivity index (χ1) is 7.67. The molecule has 0 bridgehead atoms. The highest BCUT2D eigenvalue weighted by Gasteiger charge is 2.27. The zero-order valence-electron chi connectivity index (χ0n) is 11.0. The fraction of sp³-hybridized carbons (Fsp3) is 0.909. The molecule has 102 valence electrons. The number of rotatable bonds is 5. The van der Waals surface area contributed by atoms with Gasteiger partial charge < -0.3 is 19.9 Å². The molecular weight excluding hydrogens is 337 g/mol. The first-order valence-electron chi connectivity index (χ1n) is 5.52. The Morgan fingerprint density at radius 2 is 1.94 bits per heavy atom. The first-order valence-corrected chi connectivity index (χ1v) is 7.05. The van der Waals surface area contributed by atoms with Crippen molar-refractivity contribution in [2.45, 2.75) is 52.6 Å². The summed E-state index contributed by atoms with van der Waals surface area (Å²) in [7, 11) is 0. The number of halogens is 1. The summed E-state index contributed by atoms with van der Waals surface area (Å²) in [6.45, 7) is 9.14. The predicted octanol–water partition coefficient (Wildman–Crippen LogP) is 2.26. The minimum Gasteiger partial charge on any atom is -0.444 e. The van der Waals surface area contributed by atoms with E-state index < -0.39 is 24.0 Å². The summed E-state index contributed by atoms with van der Waals surface area (Å²) >= 11 is 1.99. The molecule has 2 N–H and O–H groups in total. The van der Waals surface area contributed by atoms with Gasteiger partial charge in [-0.1, -0.05) is 36.4 Å². The Balaban J connectivity index is 4.40. The van der Waals surface area contributed by atoms with Gasteiger partial charge in [-0.3, -0.25) is 0 Å². The van der Waals surface area contributed by atoms with Gasteiger partial charge in [0.2, 0.25) is 0 Å². The fourth-order valence-corrected chi connectivity index (χ4v) is 1.55. The molecule has 0 aliphatic heterocycles. The topological polar surface area (TPSA) is 67.8 Å². The van der Waals surface area contributed by atoms with E-state index in [-0.39, 0.29) is 5.92 Å². The van der Waals surface area contributed by atoms with Crippen LogP contribution in [0.25, 0.3) is 0 Å². The van der Waals surface area contributed by atoms with E-state index in [1.54, 1.807) is 20.8 Å². The van der Waals surface area contributed by atoms with Crippen molar-refractivity contribution >= 4 is 28.7 Å². The van der Waals surface area contributed by atoms with E-state index in [1.807, 2.05) is 36.4 Å². The quantitative estimate of drug-likeness (QED) is 0.449. The second-order valence-corrected chi connectivity index (χ2v) is 5.71. The zero-order chi connectivity index (χ0) is 13.6. The predicted molar refractivity (Wildman–Crippen MR) is 74.0 cm³/mol. The monoisotopic (exact) mass is 359 g/mol. The Hall–Kier alpha value is -0.0800. The summed E-state index contributed by atoms with van der Waals surface area (Å²) in [5, 5.41) is 12.3. The lowest BCUT2D eigenvalue weighted by Gasteiger charge is -2.28.